The van der Waals surface area contributed by atoms with E-state index in [0.717, 1.165) is 17.2 Å². The Balaban J connectivity index is 1.65. The lowest BCUT2D eigenvalue weighted by atomic mass is 9.77. The number of esters is 1. The largest absolute Gasteiger partial charge is 0.506 e. The molecule has 0 bridgehead atoms. The highest BCUT2D eigenvalue weighted by molar-refractivity contribution is 7.92. The van der Waals surface area contributed by atoms with Crippen LogP contribution in [0.4, 0.5) is 0 Å². The molecule has 2 aliphatic heterocycles. The molecule has 1 spiro atoms. The van der Waals surface area contributed by atoms with E-state index in [-0.39, 0.29) is 32.0 Å². The van der Waals surface area contributed by atoms with E-state index in [4.69, 9.17) is 32.7 Å². The molecular weight excluding hydrogens is 687 g/mol. The first-order valence-corrected chi connectivity index (χ1v) is 17.7. The number of phenols is 2. The van der Waals surface area contributed by atoms with E-state index in [2.05, 4.69) is 0 Å². The monoisotopic (exact) mass is 708 g/mol. The highest BCUT2D eigenvalue weighted by atomic mass is 35.5. The summed E-state index contributed by atoms with van der Waals surface area (Å²) in [4.78, 5) is 11.4. The van der Waals surface area contributed by atoms with Gasteiger partial charge in [0.25, 0.3) is 0 Å². The van der Waals surface area contributed by atoms with E-state index in [1.54, 1.807) is 50.2 Å². The smallest absolute Gasteiger partial charge is 0.340 e. The van der Waals surface area contributed by atoms with Crippen LogP contribution in [-0.4, -0.2) is 33.0 Å². The van der Waals surface area contributed by atoms with Gasteiger partial charge in [-0.2, -0.15) is 0 Å². The summed E-state index contributed by atoms with van der Waals surface area (Å²) in [5, 5.41) is 21.5. The average molecular weight is 710 g/mol. The molecule has 13 heteroatoms. The van der Waals surface area contributed by atoms with Crippen LogP contribution in [0.1, 0.15) is 38.2 Å². The molecule has 0 saturated carbocycles. The van der Waals surface area contributed by atoms with Crippen LogP contribution in [0, 0.1) is 13.8 Å². The van der Waals surface area contributed by atoms with Crippen LogP contribution in [-0.2, 0) is 30.0 Å². The number of benzene rings is 5. The molecule has 0 amide bonds. The van der Waals surface area contributed by atoms with Crippen molar-refractivity contribution < 1.29 is 41.3 Å². The second kappa shape index (κ2) is 10.5. The van der Waals surface area contributed by atoms with Crippen molar-refractivity contribution in [1.82, 2.24) is 0 Å². The predicted molar refractivity (Wildman–Crippen MR) is 171 cm³/mol. The Kier molecular flexibility index (Phi) is 6.93. The molecule has 0 fully saturated rings. The van der Waals surface area contributed by atoms with Crippen molar-refractivity contribution in [2.24, 2.45) is 0 Å². The maximum absolute atomic E-state index is 14.3. The van der Waals surface area contributed by atoms with Crippen molar-refractivity contribution in [3.63, 3.8) is 0 Å². The minimum Gasteiger partial charge on any atom is -0.506 e. The maximum atomic E-state index is 14.3. The molecule has 0 saturated heterocycles. The summed E-state index contributed by atoms with van der Waals surface area (Å²) in [6.07, 6.45) is 0. The van der Waals surface area contributed by atoms with Crippen LogP contribution in [0.2, 0.25) is 10.0 Å². The third-order valence-corrected chi connectivity index (χ3v) is 12.7. The normalized spacial score (nSPS) is 16.6. The molecule has 2 N–H and O–H groups in total. The zero-order valence-corrected chi connectivity index (χ0v) is 27.6. The topological polar surface area (TPSA) is 144 Å². The van der Waals surface area contributed by atoms with Gasteiger partial charge < -0.3 is 19.7 Å². The molecule has 0 aromatic heterocycles. The number of sulfone groups is 2. The van der Waals surface area contributed by atoms with Gasteiger partial charge in [0.1, 0.15) is 10.8 Å². The fourth-order valence-electron chi connectivity index (χ4n) is 6.00. The van der Waals surface area contributed by atoms with Gasteiger partial charge in [-0.15, -0.1) is 0 Å². The number of rotatable bonds is 4. The molecular formula is C34H22Cl2O9S2. The number of halogens is 2. The SMILES string of the molecule is Cc1ccc(S(=O)(=O)c2c(O)ccc3c2Oc2c(c(Cl)c(Cl)c(O)c2S(=O)(=O)c2ccc(C)cc2)C32OC(=O)c3ccccc32)cc1. The Hall–Kier alpha value is -4.55. The van der Waals surface area contributed by atoms with Crippen molar-refractivity contribution in [3.8, 4) is 23.0 Å². The molecule has 5 aromatic rings. The van der Waals surface area contributed by atoms with E-state index in [1.807, 2.05) is 0 Å². The van der Waals surface area contributed by atoms with Crippen LogP contribution in [0.3, 0.4) is 0 Å². The molecule has 238 valence electrons. The predicted octanol–water partition coefficient (Wildman–Crippen LogP) is 7.26. The van der Waals surface area contributed by atoms with Gasteiger partial charge >= 0.3 is 5.97 Å². The highest BCUT2D eigenvalue weighted by Gasteiger charge is 2.58. The third-order valence-electron chi connectivity index (χ3n) is 8.27. The molecule has 2 heterocycles. The van der Waals surface area contributed by atoms with Crippen molar-refractivity contribution in [2.75, 3.05) is 0 Å². The Morgan fingerprint density at radius 1 is 0.660 bits per heavy atom. The first-order chi connectivity index (χ1) is 22.2. The molecule has 47 heavy (non-hydrogen) atoms. The molecule has 5 aromatic carbocycles. The molecule has 7 rings (SSSR count). The number of aryl methyl sites for hydroxylation is 2. The lowest BCUT2D eigenvalue weighted by molar-refractivity contribution is 0.0221. The first-order valence-electron chi connectivity index (χ1n) is 14.0. The summed E-state index contributed by atoms with van der Waals surface area (Å²) in [6, 6.07) is 20.1. The van der Waals surface area contributed by atoms with Crippen LogP contribution in [0.5, 0.6) is 23.0 Å². The zero-order valence-electron chi connectivity index (χ0n) is 24.4. The Bertz CT molecular complexity index is 2410. The number of ether oxygens (including phenoxy) is 2. The number of phenolic OH excluding ortho intramolecular Hbond substituents is 2. The van der Waals surface area contributed by atoms with Gasteiger partial charge in [0, 0.05) is 11.1 Å². The summed E-state index contributed by atoms with van der Waals surface area (Å²) < 4.78 is 69.4. The van der Waals surface area contributed by atoms with Crippen molar-refractivity contribution in [2.45, 2.75) is 39.0 Å². The Morgan fingerprint density at radius 2 is 1.21 bits per heavy atom. The summed E-state index contributed by atoms with van der Waals surface area (Å²) in [5.74, 6) is -3.72. The van der Waals surface area contributed by atoms with Crippen molar-refractivity contribution in [1.29, 1.82) is 0 Å². The van der Waals surface area contributed by atoms with Crippen LogP contribution < -0.4 is 4.74 Å². The quantitative estimate of drug-likeness (QED) is 0.184. The third kappa shape index (κ3) is 4.30. The van der Waals surface area contributed by atoms with Gasteiger partial charge in [-0.3, -0.25) is 0 Å². The highest BCUT2D eigenvalue weighted by Crippen LogP contribution is 2.64. The lowest BCUT2D eigenvalue weighted by Gasteiger charge is -2.38. The van der Waals surface area contributed by atoms with Gasteiger partial charge in [0.05, 0.1) is 25.9 Å². The fraction of sp³-hybridized carbons (Fsp3) is 0.0882. The molecule has 9 nitrogen and oxygen atoms in total. The van der Waals surface area contributed by atoms with Crippen LogP contribution >= 0.6 is 23.2 Å². The molecule has 1 unspecified atom stereocenters. The number of hydrogen-bond donors (Lipinski definition) is 2. The summed E-state index contributed by atoms with van der Waals surface area (Å²) >= 11 is 13.3. The van der Waals surface area contributed by atoms with Crippen molar-refractivity contribution >= 4 is 48.8 Å². The van der Waals surface area contributed by atoms with Crippen molar-refractivity contribution in [3.05, 3.63) is 128 Å². The van der Waals surface area contributed by atoms with E-state index in [1.165, 1.54) is 42.5 Å². The minimum atomic E-state index is -4.69. The van der Waals surface area contributed by atoms with E-state index in [9.17, 15) is 31.8 Å². The van der Waals surface area contributed by atoms with Gasteiger partial charge in [-0.05, 0) is 56.3 Å². The lowest BCUT2D eigenvalue weighted by Crippen LogP contribution is -2.34. The zero-order chi connectivity index (χ0) is 33.6. The van der Waals surface area contributed by atoms with E-state index in [0.29, 0.717) is 0 Å². The second-order valence-corrected chi connectivity index (χ2v) is 15.7. The van der Waals surface area contributed by atoms with E-state index < -0.39 is 74.1 Å². The van der Waals surface area contributed by atoms with E-state index >= 15 is 0 Å². The number of fused-ring (bicyclic) bond motifs is 6. The number of aromatic hydroxyl groups is 2. The summed E-state index contributed by atoms with van der Waals surface area (Å²) in [7, 11) is -9.28. The number of carbonyl (C=O) groups is 1. The fourth-order valence-corrected chi connectivity index (χ4v) is 9.49. The first kappa shape index (κ1) is 31.1. The van der Waals surface area contributed by atoms with Gasteiger partial charge in [-0.25, -0.2) is 21.6 Å². The van der Waals surface area contributed by atoms with Crippen LogP contribution in [0.15, 0.2) is 105 Å². The Morgan fingerprint density at radius 3 is 1.81 bits per heavy atom. The maximum Gasteiger partial charge on any atom is 0.340 e. The summed E-state index contributed by atoms with van der Waals surface area (Å²) in [5.41, 5.74) is -0.711. The number of hydrogen-bond acceptors (Lipinski definition) is 9. The second-order valence-electron chi connectivity index (χ2n) is 11.2. The standard InChI is InChI=1S/C34H22Cl2O9S2/c1-17-7-11-19(12-8-17)46(40,41)31-24(37)16-15-23-29(31)44-30-25(34(23)22-6-4-3-5-21(22)33(39)45-34)26(35)27(36)28(38)32(30)47(42,43)20-13-9-18(2)10-14-20/h3-16,37-38H,1-2H3. The average Bonchev–Trinajstić information content (AvgIpc) is 3.32. The molecule has 1 atom stereocenters. The van der Waals surface area contributed by atoms with Gasteiger partial charge in [0.2, 0.25) is 19.7 Å². The van der Waals surface area contributed by atoms with Gasteiger partial charge in [0.15, 0.2) is 32.6 Å². The van der Waals surface area contributed by atoms with Gasteiger partial charge in [-0.1, -0.05) is 76.8 Å². The Labute approximate surface area is 279 Å². The number of carbonyl (C=O) groups excluding carboxylic acids is 1. The summed E-state index contributed by atoms with van der Waals surface area (Å²) in [6.45, 7) is 3.53. The molecule has 0 radical (unpaired) electrons. The minimum absolute atomic E-state index is 0.0746. The van der Waals surface area contributed by atoms with Crippen LogP contribution in [0.25, 0.3) is 0 Å². The molecule has 2 aliphatic rings. The molecule has 0 aliphatic carbocycles.